The van der Waals surface area contributed by atoms with Crippen LogP contribution in [0.4, 0.5) is 0 Å². The highest BCUT2D eigenvalue weighted by atomic mass is 79.9. The van der Waals surface area contributed by atoms with Crippen LogP contribution in [0.25, 0.3) is 0 Å². The molecule has 21 heavy (non-hydrogen) atoms. The lowest BCUT2D eigenvalue weighted by Crippen LogP contribution is -2.31. The van der Waals surface area contributed by atoms with Gasteiger partial charge in [-0.05, 0) is 42.7 Å². The van der Waals surface area contributed by atoms with Crippen LogP contribution in [0.1, 0.15) is 34.8 Å². The number of rotatable bonds is 5. The molecule has 2 nitrogen and oxygen atoms in total. The summed E-state index contributed by atoms with van der Waals surface area (Å²) >= 11 is 3.48. The lowest BCUT2D eigenvalue weighted by molar-refractivity contribution is 0.0743. The Bertz CT molecular complexity index is 610. The summed E-state index contributed by atoms with van der Waals surface area (Å²) in [5, 5.41) is 0. The Morgan fingerprint density at radius 2 is 1.86 bits per heavy atom. The zero-order valence-electron chi connectivity index (χ0n) is 12.5. The van der Waals surface area contributed by atoms with Crippen molar-refractivity contribution in [3.8, 4) is 0 Å². The van der Waals surface area contributed by atoms with Crippen LogP contribution in [0.3, 0.4) is 0 Å². The molecule has 0 fully saturated rings. The van der Waals surface area contributed by atoms with Gasteiger partial charge in [0.05, 0.1) is 0 Å². The van der Waals surface area contributed by atoms with Gasteiger partial charge in [0.2, 0.25) is 0 Å². The van der Waals surface area contributed by atoms with Crippen molar-refractivity contribution in [2.45, 2.75) is 26.8 Å². The van der Waals surface area contributed by atoms with Gasteiger partial charge in [-0.15, -0.1) is 0 Å². The smallest absolute Gasteiger partial charge is 0.254 e. The molecule has 0 heterocycles. The molecule has 0 saturated carbocycles. The summed E-state index contributed by atoms with van der Waals surface area (Å²) in [6.07, 6.45) is 0.952. The minimum atomic E-state index is 0.0938. The maximum absolute atomic E-state index is 12.7. The van der Waals surface area contributed by atoms with Gasteiger partial charge in [-0.3, -0.25) is 4.79 Å². The highest BCUT2D eigenvalue weighted by Crippen LogP contribution is 2.19. The number of amides is 1. The molecule has 0 aliphatic heterocycles. The van der Waals surface area contributed by atoms with Gasteiger partial charge in [0.1, 0.15) is 0 Å². The van der Waals surface area contributed by atoms with Crippen molar-refractivity contribution in [2.75, 3.05) is 6.54 Å². The van der Waals surface area contributed by atoms with E-state index in [1.54, 1.807) is 0 Å². The summed E-state index contributed by atoms with van der Waals surface area (Å²) in [4.78, 5) is 14.6. The fourth-order valence-corrected chi connectivity index (χ4v) is 2.53. The molecule has 2 aromatic rings. The van der Waals surface area contributed by atoms with Gasteiger partial charge in [0.25, 0.3) is 5.91 Å². The van der Waals surface area contributed by atoms with Crippen molar-refractivity contribution < 1.29 is 4.79 Å². The highest BCUT2D eigenvalue weighted by molar-refractivity contribution is 9.10. The summed E-state index contributed by atoms with van der Waals surface area (Å²) in [7, 11) is 0. The van der Waals surface area contributed by atoms with E-state index in [1.807, 2.05) is 48.2 Å². The average Bonchev–Trinajstić information content (AvgIpc) is 2.50. The first-order valence-corrected chi connectivity index (χ1v) is 8.00. The van der Waals surface area contributed by atoms with E-state index in [2.05, 4.69) is 35.0 Å². The molecule has 110 valence electrons. The number of hydrogen-bond donors (Lipinski definition) is 0. The first kappa shape index (κ1) is 15.8. The van der Waals surface area contributed by atoms with E-state index in [0.29, 0.717) is 6.54 Å². The van der Waals surface area contributed by atoms with Gasteiger partial charge in [-0.25, -0.2) is 0 Å². The molecule has 0 N–H and O–H groups in total. The Morgan fingerprint density at radius 1 is 1.14 bits per heavy atom. The predicted molar refractivity (Wildman–Crippen MR) is 90.4 cm³/mol. The van der Waals surface area contributed by atoms with Crippen LogP contribution >= 0.6 is 15.9 Å². The maximum atomic E-state index is 12.7. The molecule has 0 unspecified atom stereocenters. The third-order valence-corrected chi connectivity index (χ3v) is 4.29. The molecule has 0 bridgehead atoms. The largest absolute Gasteiger partial charge is 0.334 e. The van der Waals surface area contributed by atoms with Gasteiger partial charge in [0.15, 0.2) is 0 Å². The second-order valence-corrected chi connectivity index (χ2v) is 6.03. The molecule has 0 aliphatic rings. The first-order chi connectivity index (χ1) is 10.1. The van der Waals surface area contributed by atoms with Gasteiger partial charge in [-0.2, -0.15) is 0 Å². The quantitative estimate of drug-likeness (QED) is 0.761. The van der Waals surface area contributed by atoms with Crippen LogP contribution in [-0.4, -0.2) is 17.4 Å². The number of halogens is 1. The van der Waals surface area contributed by atoms with Crippen molar-refractivity contribution in [1.82, 2.24) is 4.90 Å². The molecule has 2 rings (SSSR count). The lowest BCUT2D eigenvalue weighted by Gasteiger charge is -2.22. The zero-order valence-corrected chi connectivity index (χ0v) is 14.1. The van der Waals surface area contributed by atoms with E-state index in [-0.39, 0.29) is 5.91 Å². The van der Waals surface area contributed by atoms with Crippen molar-refractivity contribution in [3.05, 3.63) is 69.7 Å². The van der Waals surface area contributed by atoms with Crippen LogP contribution in [0.5, 0.6) is 0 Å². The van der Waals surface area contributed by atoms with Gasteiger partial charge in [0, 0.05) is 23.1 Å². The average molecular weight is 346 g/mol. The third-order valence-electron chi connectivity index (χ3n) is 3.40. The fourth-order valence-electron chi connectivity index (χ4n) is 2.29. The Balaban J connectivity index is 2.20. The summed E-state index contributed by atoms with van der Waals surface area (Å²) in [5.74, 6) is 0.0938. The molecule has 0 aliphatic carbocycles. The van der Waals surface area contributed by atoms with Crippen LogP contribution in [-0.2, 0) is 6.54 Å². The van der Waals surface area contributed by atoms with Crippen molar-refractivity contribution in [1.29, 1.82) is 0 Å². The van der Waals surface area contributed by atoms with E-state index in [4.69, 9.17) is 0 Å². The van der Waals surface area contributed by atoms with Crippen LogP contribution in [0.2, 0.25) is 0 Å². The first-order valence-electron chi connectivity index (χ1n) is 7.21. The summed E-state index contributed by atoms with van der Waals surface area (Å²) in [6.45, 7) is 5.52. The highest BCUT2D eigenvalue weighted by Gasteiger charge is 2.16. The summed E-state index contributed by atoms with van der Waals surface area (Å²) in [6, 6.07) is 15.9. The molecule has 0 atom stereocenters. The zero-order chi connectivity index (χ0) is 15.2. The molecule has 0 radical (unpaired) electrons. The standard InChI is InChI=1S/C18H20BrNO/c1-3-11-20(13-15-7-5-4-6-8-15)18(21)16-9-10-17(19)14(2)12-16/h4-10,12H,3,11,13H2,1-2H3. The second kappa shape index (κ2) is 7.41. The van der Waals surface area contributed by atoms with Gasteiger partial charge in [-0.1, -0.05) is 53.2 Å². The van der Waals surface area contributed by atoms with Gasteiger partial charge < -0.3 is 4.90 Å². The van der Waals surface area contributed by atoms with Crippen molar-refractivity contribution >= 4 is 21.8 Å². The number of aryl methyl sites for hydroxylation is 1. The Hall–Kier alpha value is -1.61. The topological polar surface area (TPSA) is 20.3 Å². The minimum absolute atomic E-state index is 0.0938. The molecule has 0 spiro atoms. The van der Waals surface area contributed by atoms with Crippen LogP contribution in [0.15, 0.2) is 53.0 Å². The van der Waals surface area contributed by atoms with E-state index in [1.165, 1.54) is 0 Å². The molecular weight excluding hydrogens is 326 g/mol. The minimum Gasteiger partial charge on any atom is -0.334 e. The SMILES string of the molecule is CCCN(Cc1ccccc1)C(=O)c1ccc(Br)c(C)c1. The van der Waals surface area contributed by atoms with E-state index in [0.717, 1.165) is 34.1 Å². The Kier molecular flexibility index (Phi) is 5.57. The molecule has 1 amide bonds. The molecule has 2 aromatic carbocycles. The third kappa shape index (κ3) is 4.18. The monoisotopic (exact) mass is 345 g/mol. The molecule has 0 saturated heterocycles. The van der Waals surface area contributed by atoms with Crippen molar-refractivity contribution in [2.24, 2.45) is 0 Å². The Labute approximate surface area is 134 Å². The van der Waals surface area contributed by atoms with Crippen molar-refractivity contribution in [3.63, 3.8) is 0 Å². The molecular formula is C18H20BrNO. The van der Waals surface area contributed by atoms with Gasteiger partial charge >= 0.3 is 0 Å². The number of carbonyl (C=O) groups excluding carboxylic acids is 1. The lowest BCUT2D eigenvalue weighted by atomic mass is 10.1. The summed E-state index contributed by atoms with van der Waals surface area (Å²) in [5.41, 5.74) is 2.99. The number of hydrogen-bond acceptors (Lipinski definition) is 1. The van der Waals surface area contributed by atoms with Crippen LogP contribution in [0, 0.1) is 6.92 Å². The number of nitrogens with zero attached hydrogens (tertiary/aromatic N) is 1. The second-order valence-electron chi connectivity index (χ2n) is 5.18. The fraction of sp³-hybridized carbons (Fsp3) is 0.278. The molecule has 0 aromatic heterocycles. The number of benzene rings is 2. The van der Waals surface area contributed by atoms with E-state index in [9.17, 15) is 4.79 Å². The molecule has 3 heteroatoms. The van der Waals surface area contributed by atoms with E-state index >= 15 is 0 Å². The summed E-state index contributed by atoms with van der Waals surface area (Å²) < 4.78 is 1.03. The van der Waals surface area contributed by atoms with Crippen LogP contribution < -0.4 is 0 Å². The normalized spacial score (nSPS) is 10.4. The number of carbonyl (C=O) groups is 1. The Morgan fingerprint density at radius 3 is 2.48 bits per heavy atom. The maximum Gasteiger partial charge on any atom is 0.254 e. The van der Waals surface area contributed by atoms with E-state index < -0.39 is 0 Å². The predicted octanol–water partition coefficient (Wildman–Crippen LogP) is 4.81.